The molecule has 34 heavy (non-hydrogen) atoms. The van der Waals surface area contributed by atoms with Crippen molar-refractivity contribution >= 4 is 40.5 Å². The Morgan fingerprint density at radius 1 is 1.21 bits per heavy atom. The van der Waals surface area contributed by atoms with Crippen LogP contribution in [0.15, 0.2) is 35.6 Å². The van der Waals surface area contributed by atoms with E-state index in [-0.39, 0.29) is 22.9 Å². The summed E-state index contributed by atoms with van der Waals surface area (Å²) in [6.45, 7) is 5.64. The zero-order valence-corrected chi connectivity index (χ0v) is 19.9. The fourth-order valence-corrected chi connectivity index (χ4v) is 5.24. The molecule has 1 N–H and O–H groups in total. The molecule has 8 nitrogen and oxygen atoms in total. The van der Waals surface area contributed by atoms with Crippen molar-refractivity contribution in [3.8, 4) is 0 Å². The third kappa shape index (κ3) is 3.55. The quantitative estimate of drug-likeness (QED) is 0.605. The van der Waals surface area contributed by atoms with Gasteiger partial charge in [-0.3, -0.25) is 9.59 Å². The normalized spacial score (nSPS) is 22.5. The minimum Gasteiger partial charge on any atom is -0.349 e. The molecule has 0 saturated heterocycles. The van der Waals surface area contributed by atoms with Crippen LogP contribution in [0, 0.1) is 25.1 Å². The van der Waals surface area contributed by atoms with Crippen LogP contribution in [0.4, 0.5) is 10.1 Å². The van der Waals surface area contributed by atoms with Crippen molar-refractivity contribution in [3.05, 3.63) is 58.3 Å². The number of halogens is 2. The van der Waals surface area contributed by atoms with Gasteiger partial charge >= 0.3 is 0 Å². The van der Waals surface area contributed by atoms with Crippen LogP contribution in [0.5, 0.6) is 0 Å². The third-order valence-electron chi connectivity index (χ3n) is 6.88. The number of nitrogens with one attached hydrogen (secondary N) is 1. The highest BCUT2D eigenvalue weighted by atomic mass is 35.5. The molecule has 2 aliphatic rings. The number of hydrogen-bond acceptors (Lipinski definition) is 5. The second kappa shape index (κ2) is 8.16. The van der Waals surface area contributed by atoms with Crippen LogP contribution in [0.2, 0.25) is 5.02 Å². The number of nitrogens with zero attached hydrogens (tertiary/aromatic N) is 5. The van der Waals surface area contributed by atoms with E-state index in [4.69, 9.17) is 11.6 Å². The molecule has 5 rings (SSSR count). The van der Waals surface area contributed by atoms with E-state index in [2.05, 4.69) is 20.5 Å². The predicted octanol–water partition coefficient (Wildman–Crippen LogP) is 4.22. The fraction of sp³-hybridized carbons (Fsp3) is 0.375. The van der Waals surface area contributed by atoms with Crippen LogP contribution in [0.1, 0.15) is 54.4 Å². The summed E-state index contributed by atoms with van der Waals surface area (Å²) in [5.41, 5.74) is 3.02. The summed E-state index contributed by atoms with van der Waals surface area (Å²) in [5, 5.41) is 13.3. The highest BCUT2D eigenvalue weighted by Gasteiger charge is 2.51. The molecule has 3 aromatic rings. The summed E-state index contributed by atoms with van der Waals surface area (Å²) in [4.78, 5) is 30.9. The van der Waals surface area contributed by atoms with Gasteiger partial charge in [0, 0.05) is 17.4 Å². The standard InChI is InChI=1S/C24H24ClFN6O2/c1-13-10-14(2)31-21(28-13)18(12-27-31)22(33)29-17-6-8-24(9-7-17)15(3)30-32(23(24)34)20-5-4-16(26)11-19(20)25/h4-5,10-12,17H,6-9H2,1-3H3,(H,29,33)/t17-,24-. The molecular formula is C24H24ClFN6O2. The summed E-state index contributed by atoms with van der Waals surface area (Å²) >= 11 is 6.18. The summed E-state index contributed by atoms with van der Waals surface area (Å²) in [6, 6.07) is 5.72. The summed E-state index contributed by atoms with van der Waals surface area (Å²) in [5.74, 6) is -0.865. The van der Waals surface area contributed by atoms with E-state index in [0.717, 1.165) is 11.4 Å². The fourth-order valence-electron chi connectivity index (χ4n) is 4.99. The maximum Gasteiger partial charge on any atom is 0.259 e. The number of hydrogen-bond donors (Lipinski definition) is 1. The monoisotopic (exact) mass is 482 g/mol. The second-order valence-electron chi connectivity index (χ2n) is 9.06. The Morgan fingerprint density at radius 2 is 1.94 bits per heavy atom. The van der Waals surface area contributed by atoms with Crippen molar-refractivity contribution in [2.24, 2.45) is 10.5 Å². The zero-order valence-electron chi connectivity index (χ0n) is 19.1. The topological polar surface area (TPSA) is 92.0 Å². The Bertz CT molecular complexity index is 1360. The Morgan fingerprint density at radius 3 is 2.65 bits per heavy atom. The van der Waals surface area contributed by atoms with Crippen LogP contribution in [0.3, 0.4) is 0 Å². The molecule has 0 radical (unpaired) electrons. The SMILES string of the molecule is Cc1cc(C)n2ncc(C(=O)N[C@H]3CC[C@@]4(CC3)C(=O)N(c3ccc(F)cc3Cl)N=C4C)c2n1. The van der Waals surface area contributed by atoms with Gasteiger partial charge in [0.25, 0.3) is 11.8 Å². The number of hydrazone groups is 1. The molecule has 1 fully saturated rings. The number of fused-ring (bicyclic) bond motifs is 1. The van der Waals surface area contributed by atoms with Crippen LogP contribution in [0.25, 0.3) is 5.65 Å². The molecule has 1 spiro atoms. The van der Waals surface area contributed by atoms with Crippen LogP contribution in [-0.4, -0.2) is 38.2 Å². The lowest BCUT2D eigenvalue weighted by Gasteiger charge is -2.36. The first kappa shape index (κ1) is 22.5. The predicted molar refractivity (Wildman–Crippen MR) is 127 cm³/mol. The molecule has 176 valence electrons. The molecule has 1 aliphatic carbocycles. The van der Waals surface area contributed by atoms with Crippen molar-refractivity contribution in [1.82, 2.24) is 19.9 Å². The summed E-state index contributed by atoms with van der Waals surface area (Å²) < 4.78 is 15.1. The molecule has 10 heteroatoms. The highest BCUT2D eigenvalue weighted by Crippen LogP contribution is 2.45. The van der Waals surface area contributed by atoms with E-state index in [9.17, 15) is 14.0 Å². The molecule has 0 atom stereocenters. The minimum absolute atomic E-state index is 0.0805. The number of aryl methyl sites for hydroxylation is 2. The molecule has 1 aliphatic heterocycles. The average molecular weight is 483 g/mol. The Kier molecular flexibility index (Phi) is 5.39. The van der Waals surface area contributed by atoms with Crippen molar-refractivity contribution in [3.63, 3.8) is 0 Å². The van der Waals surface area contributed by atoms with Gasteiger partial charge in [0.15, 0.2) is 5.65 Å². The Hall–Kier alpha value is -3.33. The Balaban J connectivity index is 1.30. The number of amides is 2. The lowest BCUT2D eigenvalue weighted by molar-refractivity contribution is -0.125. The smallest absolute Gasteiger partial charge is 0.259 e. The van der Waals surface area contributed by atoms with Gasteiger partial charge in [-0.05, 0) is 70.7 Å². The van der Waals surface area contributed by atoms with E-state index in [1.54, 1.807) is 4.52 Å². The van der Waals surface area contributed by atoms with Gasteiger partial charge < -0.3 is 5.32 Å². The summed E-state index contributed by atoms with van der Waals surface area (Å²) in [6.07, 6.45) is 3.88. The maximum absolute atomic E-state index is 13.5. The number of rotatable bonds is 3. The van der Waals surface area contributed by atoms with E-state index in [1.165, 1.54) is 29.4 Å². The van der Waals surface area contributed by atoms with Gasteiger partial charge in [-0.2, -0.15) is 15.2 Å². The molecule has 2 amide bonds. The number of benzene rings is 1. The molecule has 3 heterocycles. The first-order valence-corrected chi connectivity index (χ1v) is 11.6. The second-order valence-corrected chi connectivity index (χ2v) is 9.47. The van der Waals surface area contributed by atoms with Crippen LogP contribution in [-0.2, 0) is 4.79 Å². The molecule has 1 aromatic carbocycles. The number of anilines is 1. The number of aromatic nitrogens is 3. The molecule has 1 saturated carbocycles. The van der Waals surface area contributed by atoms with Gasteiger partial charge in [0.05, 0.1) is 28.0 Å². The number of carbonyl (C=O) groups excluding carboxylic acids is 2. The lowest BCUT2D eigenvalue weighted by Crippen LogP contribution is -2.47. The Labute approximate surface area is 200 Å². The van der Waals surface area contributed by atoms with E-state index < -0.39 is 11.2 Å². The van der Waals surface area contributed by atoms with E-state index in [1.807, 2.05) is 26.8 Å². The highest BCUT2D eigenvalue weighted by molar-refractivity contribution is 6.34. The lowest BCUT2D eigenvalue weighted by atomic mass is 9.69. The van der Waals surface area contributed by atoms with Gasteiger partial charge in [0.1, 0.15) is 11.4 Å². The van der Waals surface area contributed by atoms with Gasteiger partial charge in [-0.25, -0.2) is 13.9 Å². The van der Waals surface area contributed by atoms with Crippen LogP contribution >= 0.6 is 11.6 Å². The first-order valence-electron chi connectivity index (χ1n) is 11.2. The third-order valence-corrected chi connectivity index (χ3v) is 7.18. The van der Waals surface area contributed by atoms with E-state index >= 15 is 0 Å². The largest absolute Gasteiger partial charge is 0.349 e. The molecule has 0 bridgehead atoms. The van der Waals surface area contributed by atoms with Crippen molar-refractivity contribution in [2.75, 3.05) is 5.01 Å². The van der Waals surface area contributed by atoms with Gasteiger partial charge in [0.2, 0.25) is 0 Å². The zero-order chi connectivity index (χ0) is 24.2. The summed E-state index contributed by atoms with van der Waals surface area (Å²) in [7, 11) is 0. The van der Waals surface area contributed by atoms with Crippen molar-refractivity contribution in [1.29, 1.82) is 0 Å². The van der Waals surface area contributed by atoms with Gasteiger partial charge in [-0.1, -0.05) is 11.6 Å². The molecule has 2 aromatic heterocycles. The molecular weight excluding hydrogens is 459 g/mol. The maximum atomic E-state index is 13.5. The van der Waals surface area contributed by atoms with Crippen molar-refractivity contribution < 1.29 is 14.0 Å². The van der Waals surface area contributed by atoms with E-state index in [0.29, 0.717) is 48.3 Å². The average Bonchev–Trinajstić information content (AvgIpc) is 3.31. The van der Waals surface area contributed by atoms with Crippen LogP contribution < -0.4 is 10.3 Å². The van der Waals surface area contributed by atoms with Crippen molar-refractivity contribution in [2.45, 2.75) is 52.5 Å². The molecule has 0 unspecified atom stereocenters. The van der Waals surface area contributed by atoms with Gasteiger partial charge in [-0.15, -0.1) is 0 Å². The minimum atomic E-state index is -0.737. The number of carbonyl (C=O) groups is 2. The first-order chi connectivity index (χ1) is 16.2.